The van der Waals surface area contributed by atoms with E-state index >= 15 is 0 Å². The molecule has 0 bridgehead atoms. The lowest BCUT2D eigenvalue weighted by atomic mass is 9.84. The molecule has 0 radical (unpaired) electrons. The van der Waals surface area contributed by atoms with Crippen LogP contribution < -0.4 is 0 Å². The second-order valence-electron chi connectivity index (χ2n) is 13.2. The van der Waals surface area contributed by atoms with E-state index in [1.54, 1.807) is 0 Å². The van der Waals surface area contributed by atoms with Gasteiger partial charge in [0.15, 0.2) is 11.2 Å². The van der Waals surface area contributed by atoms with Crippen LogP contribution in [0.4, 0.5) is 0 Å². The van der Waals surface area contributed by atoms with Gasteiger partial charge in [-0.2, -0.15) is 0 Å². The van der Waals surface area contributed by atoms with Crippen LogP contribution in [0.15, 0.2) is 179 Å². The zero-order chi connectivity index (χ0) is 32.8. The van der Waals surface area contributed by atoms with Crippen LogP contribution in [0.1, 0.15) is 0 Å². The molecule has 0 saturated heterocycles. The zero-order valence-electron chi connectivity index (χ0n) is 27.0. The van der Waals surface area contributed by atoms with Crippen molar-refractivity contribution in [3.63, 3.8) is 0 Å². The van der Waals surface area contributed by atoms with Crippen molar-refractivity contribution < 1.29 is 8.83 Å². The average molecular weight is 637 g/mol. The van der Waals surface area contributed by atoms with Gasteiger partial charge in [0, 0.05) is 21.7 Å². The van der Waals surface area contributed by atoms with E-state index in [1.165, 1.54) is 59.8 Å². The number of benzene rings is 9. The van der Waals surface area contributed by atoms with E-state index in [9.17, 15) is 0 Å². The molecule has 0 spiro atoms. The zero-order valence-corrected chi connectivity index (χ0v) is 27.0. The van der Waals surface area contributed by atoms with Gasteiger partial charge < -0.3 is 8.83 Å². The summed E-state index contributed by atoms with van der Waals surface area (Å²) in [5.74, 6) is 0. The van der Waals surface area contributed by atoms with Crippen LogP contribution in [0.2, 0.25) is 0 Å². The van der Waals surface area contributed by atoms with E-state index < -0.39 is 0 Å². The lowest BCUT2D eigenvalue weighted by Gasteiger charge is -2.19. The SMILES string of the molecule is c1ccc(-c2coc3c2ccc2c4ccc(-c5c6ccccc6c(-c6cc7ccccc7c7ccccc67)c6ccccc56)cc4oc23)cc1. The topological polar surface area (TPSA) is 26.3 Å². The van der Waals surface area contributed by atoms with Crippen molar-refractivity contribution in [2.24, 2.45) is 0 Å². The number of rotatable bonds is 3. The van der Waals surface area contributed by atoms with E-state index in [4.69, 9.17) is 8.83 Å². The summed E-state index contributed by atoms with van der Waals surface area (Å²) in [5.41, 5.74) is 9.46. The van der Waals surface area contributed by atoms with Gasteiger partial charge in [-0.15, -0.1) is 0 Å². The highest BCUT2D eigenvalue weighted by Gasteiger charge is 2.21. The molecule has 0 aliphatic heterocycles. The molecule has 0 N–H and O–H groups in total. The van der Waals surface area contributed by atoms with Gasteiger partial charge in [0.1, 0.15) is 5.58 Å². The number of furan rings is 2. The predicted molar refractivity (Wildman–Crippen MR) is 210 cm³/mol. The first-order valence-electron chi connectivity index (χ1n) is 17.1. The van der Waals surface area contributed by atoms with Crippen molar-refractivity contribution in [2.45, 2.75) is 0 Å². The van der Waals surface area contributed by atoms with Crippen LogP contribution in [0.5, 0.6) is 0 Å². The third-order valence-corrected chi connectivity index (χ3v) is 10.5. The van der Waals surface area contributed by atoms with Crippen molar-refractivity contribution in [2.75, 3.05) is 0 Å². The van der Waals surface area contributed by atoms with E-state index in [0.29, 0.717) is 0 Å². The Kier molecular flexibility index (Phi) is 5.70. The molecule has 2 nitrogen and oxygen atoms in total. The molecule has 0 aliphatic rings. The molecule has 0 fully saturated rings. The Morgan fingerprint density at radius 1 is 0.320 bits per heavy atom. The normalized spacial score (nSPS) is 12.0. The lowest BCUT2D eigenvalue weighted by Crippen LogP contribution is -1.92. The van der Waals surface area contributed by atoms with E-state index in [-0.39, 0.29) is 0 Å². The molecule has 11 rings (SSSR count). The first kappa shape index (κ1) is 27.3. The predicted octanol–water partition coefficient (Wildman–Crippen LogP) is 13.9. The molecule has 0 amide bonds. The summed E-state index contributed by atoms with van der Waals surface area (Å²) in [5, 5.41) is 13.1. The summed E-state index contributed by atoms with van der Waals surface area (Å²) >= 11 is 0. The number of fused-ring (bicyclic) bond motifs is 10. The van der Waals surface area contributed by atoms with Gasteiger partial charge >= 0.3 is 0 Å². The molecule has 0 aliphatic carbocycles. The molecular formula is C48H28O2. The maximum Gasteiger partial charge on any atom is 0.178 e. The average Bonchev–Trinajstić information content (AvgIpc) is 3.79. The monoisotopic (exact) mass is 636 g/mol. The lowest BCUT2D eigenvalue weighted by molar-refractivity contribution is 0.600. The number of hydrogen-bond acceptors (Lipinski definition) is 2. The Balaban J connectivity index is 1.18. The van der Waals surface area contributed by atoms with Gasteiger partial charge in [0.25, 0.3) is 0 Å². The molecule has 0 saturated carbocycles. The van der Waals surface area contributed by atoms with Gasteiger partial charge in [-0.3, -0.25) is 0 Å². The first-order chi connectivity index (χ1) is 24.8. The van der Waals surface area contributed by atoms with Gasteiger partial charge in [-0.05, 0) is 101 Å². The quantitative estimate of drug-likeness (QED) is 0.142. The van der Waals surface area contributed by atoms with E-state index in [0.717, 1.165) is 49.6 Å². The molecule has 2 aromatic heterocycles. The molecule has 11 aromatic rings. The summed E-state index contributed by atoms with van der Waals surface area (Å²) in [6.45, 7) is 0. The van der Waals surface area contributed by atoms with Gasteiger partial charge in [0.05, 0.1) is 6.26 Å². The molecule has 0 unspecified atom stereocenters. The van der Waals surface area contributed by atoms with Crippen LogP contribution in [0, 0.1) is 0 Å². The van der Waals surface area contributed by atoms with Crippen molar-refractivity contribution >= 4 is 76.0 Å². The molecule has 0 atom stereocenters. The Morgan fingerprint density at radius 3 is 1.64 bits per heavy atom. The Bertz CT molecular complexity index is 3080. The third kappa shape index (κ3) is 3.85. The van der Waals surface area contributed by atoms with Crippen LogP contribution >= 0.6 is 0 Å². The molecule has 232 valence electrons. The van der Waals surface area contributed by atoms with Crippen LogP contribution in [0.3, 0.4) is 0 Å². The van der Waals surface area contributed by atoms with Crippen molar-refractivity contribution in [1.82, 2.24) is 0 Å². The largest absolute Gasteiger partial charge is 0.460 e. The minimum Gasteiger partial charge on any atom is -0.460 e. The Morgan fingerprint density at radius 2 is 0.900 bits per heavy atom. The summed E-state index contributed by atoms with van der Waals surface area (Å²) in [6, 6.07) is 59.0. The van der Waals surface area contributed by atoms with Crippen LogP contribution in [0.25, 0.3) is 109 Å². The summed E-state index contributed by atoms with van der Waals surface area (Å²) in [4.78, 5) is 0. The molecule has 2 heteroatoms. The second-order valence-corrected chi connectivity index (χ2v) is 13.2. The first-order valence-corrected chi connectivity index (χ1v) is 17.1. The number of hydrogen-bond donors (Lipinski definition) is 0. The minimum absolute atomic E-state index is 0.780. The summed E-state index contributed by atoms with van der Waals surface area (Å²) < 4.78 is 12.9. The Hall–Kier alpha value is -6.64. The van der Waals surface area contributed by atoms with E-state index in [1.807, 2.05) is 12.3 Å². The van der Waals surface area contributed by atoms with Gasteiger partial charge in [-0.25, -0.2) is 0 Å². The third-order valence-electron chi connectivity index (χ3n) is 10.5. The van der Waals surface area contributed by atoms with Crippen LogP contribution in [-0.2, 0) is 0 Å². The van der Waals surface area contributed by atoms with Crippen molar-refractivity contribution in [1.29, 1.82) is 0 Å². The maximum atomic E-state index is 6.69. The fourth-order valence-corrected chi connectivity index (χ4v) is 8.31. The fraction of sp³-hybridized carbons (Fsp3) is 0. The molecule has 50 heavy (non-hydrogen) atoms. The minimum atomic E-state index is 0.780. The fourth-order valence-electron chi connectivity index (χ4n) is 8.31. The Labute approximate surface area is 287 Å². The van der Waals surface area contributed by atoms with Crippen LogP contribution in [-0.4, -0.2) is 0 Å². The maximum absolute atomic E-state index is 6.69. The highest BCUT2D eigenvalue weighted by molar-refractivity contribution is 6.26. The van der Waals surface area contributed by atoms with Crippen molar-refractivity contribution in [3.8, 4) is 33.4 Å². The highest BCUT2D eigenvalue weighted by Crippen LogP contribution is 2.47. The van der Waals surface area contributed by atoms with Gasteiger partial charge in [-0.1, -0.05) is 133 Å². The second kappa shape index (κ2) is 10.4. The smallest absolute Gasteiger partial charge is 0.178 e. The molecule has 9 aromatic carbocycles. The van der Waals surface area contributed by atoms with E-state index in [2.05, 4.69) is 158 Å². The summed E-state index contributed by atoms with van der Waals surface area (Å²) in [7, 11) is 0. The summed E-state index contributed by atoms with van der Waals surface area (Å²) in [6.07, 6.45) is 1.84. The molecule has 2 heterocycles. The van der Waals surface area contributed by atoms with Crippen molar-refractivity contribution in [3.05, 3.63) is 170 Å². The molecular weight excluding hydrogens is 609 g/mol. The highest BCUT2D eigenvalue weighted by atomic mass is 16.4. The van der Waals surface area contributed by atoms with Gasteiger partial charge in [0.2, 0.25) is 0 Å². The standard InChI is InChI=1S/C48H28O2/c1-2-12-29(13-3-1)43-28-49-47-41(43)25-24-40-35-23-22-31(27-44(35)50-48(40)47)45-36-18-8-10-20-38(36)46(39-21-11-9-19-37(39)45)42-26-30-14-4-5-15-32(30)33-16-6-7-17-34(33)42/h1-28H.